The van der Waals surface area contributed by atoms with Gasteiger partial charge in [0.25, 0.3) is 0 Å². The molecule has 0 fully saturated rings. The van der Waals surface area contributed by atoms with Crippen LogP contribution in [0.5, 0.6) is 0 Å². The molecule has 2 aromatic carbocycles. The van der Waals surface area contributed by atoms with Gasteiger partial charge < -0.3 is 10.6 Å². The second-order valence-electron chi connectivity index (χ2n) is 7.51. The smallest absolute Gasteiger partial charge is 0.222 e. The van der Waals surface area contributed by atoms with E-state index in [-0.39, 0.29) is 0 Å². The lowest BCUT2D eigenvalue weighted by molar-refractivity contribution is 0.801. The topological polar surface area (TPSA) is 104 Å². The van der Waals surface area contributed by atoms with Crippen molar-refractivity contribution < 1.29 is 0 Å². The van der Waals surface area contributed by atoms with Gasteiger partial charge in [-0.1, -0.05) is 12.1 Å². The van der Waals surface area contributed by atoms with Crippen LogP contribution in [0.3, 0.4) is 0 Å². The van der Waals surface area contributed by atoms with E-state index in [1.165, 1.54) is 0 Å². The molecule has 0 saturated heterocycles. The molecule has 8 nitrogen and oxygen atoms in total. The number of hydrogen-bond donors (Lipinski definition) is 2. The molecule has 0 amide bonds. The number of benzene rings is 2. The van der Waals surface area contributed by atoms with Crippen molar-refractivity contribution in [2.24, 2.45) is 7.05 Å². The molecule has 0 aliphatic heterocycles. The van der Waals surface area contributed by atoms with Crippen molar-refractivity contribution in [2.45, 2.75) is 6.92 Å². The summed E-state index contributed by atoms with van der Waals surface area (Å²) in [6.07, 6.45) is 3.37. The summed E-state index contributed by atoms with van der Waals surface area (Å²) >= 11 is 0. The minimum atomic E-state index is 0.515. The molecule has 3 heterocycles. The normalized spacial score (nSPS) is 10.9. The van der Waals surface area contributed by atoms with E-state index in [9.17, 15) is 0 Å². The van der Waals surface area contributed by atoms with Gasteiger partial charge in [0.1, 0.15) is 11.9 Å². The van der Waals surface area contributed by atoms with Gasteiger partial charge in [0.15, 0.2) is 5.82 Å². The molecule has 0 unspecified atom stereocenters. The lowest BCUT2D eigenvalue weighted by atomic mass is 9.96. The summed E-state index contributed by atoms with van der Waals surface area (Å²) in [6.45, 7) is 2.10. The van der Waals surface area contributed by atoms with Crippen LogP contribution in [-0.2, 0) is 7.05 Å². The number of anilines is 3. The van der Waals surface area contributed by atoms with Crippen LogP contribution in [0.4, 0.5) is 17.6 Å². The molecule has 0 atom stereocenters. The molecule has 5 rings (SSSR count). The number of nitrogens with one attached hydrogen (secondary N) is 2. The van der Waals surface area contributed by atoms with E-state index in [1.807, 2.05) is 24.0 Å². The third-order valence-electron chi connectivity index (χ3n) is 5.45. The van der Waals surface area contributed by atoms with Crippen LogP contribution in [0.15, 0.2) is 54.9 Å². The lowest BCUT2D eigenvalue weighted by Crippen LogP contribution is -1.97. The number of hydrogen-bond acceptors (Lipinski definition) is 7. The number of fused-ring (bicyclic) bond motifs is 2. The average molecular weight is 420 g/mol. The summed E-state index contributed by atoms with van der Waals surface area (Å²) in [5.74, 6) is 1.94. The second kappa shape index (κ2) is 7.63. The Labute approximate surface area is 184 Å². The van der Waals surface area contributed by atoms with Crippen LogP contribution >= 0.6 is 0 Å². The Balaban J connectivity index is 1.63. The first-order chi connectivity index (χ1) is 15.6. The van der Waals surface area contributed by atoms with Crippen LogP contribution in [0.25, 0.3) is 32.9 Å². The van der Waals surface area contributed by atoms with Gasteiger partial charge in [-0.25, -0.2) is 15.0 Å². The van der Waals surface area contributed by atoms with Crippen molar-refractivity contribution >= 4 is 39.4 Å². The highest BCUT2D eigenvalue weighted by Crippen LogP contribution is 2.36. The maximum absolute atomic E-state index is 8.98. The number of rotatable bonds is 4. The molecule has 32 heavy (non-hydrogen) atoms. The lowest BCUT2D eigenvalue weighted by Gasteiger charge is -2.11. The molecule has 0 saturated carbocycles. The Kier molecular flexibility index (Phi) is 4.64. The van der Waals surface area contributed by atoms with E-state index >= 15 is 0 Å². The zero-order chi connectivity index (χ0) is 22.2. The molecule has 5 aromatic rings. The Hall–Kier alpha value is -4.51. The Bertz CT molecular complexity index is 1510. The molecular formula is C24H20N8. The average Bonchev–Trinajstić information content (AvgIpc) is 3.13. The summed E-state index contributed by atoms with van der Waals surface area (Å²) in [7, 11) is 3.74. The zero-order valence-electron chi connectivity index (χ0n) is 17.9. The van der Waals surface area contributed by atoms with Gasteiger partial charge in [0.05, 0.1) is 16.6 Å². The molecular weight excluding hydrogens is 400 g/mol. The Morgan fingerprint density at radius 1 is 1.03 bits per heavy atom. The van der Waals surface area contributed by atoms with Gasteiger partial charge in [-0.15, -0.1) is 0 Å². The fraction of sp³-hybridized carbons (Fsp3) is 0.125. The van der Waals surface area contributed by atoms with E-state index < -0.39 is 0 Å². The van der Waals surface area contributed by atoms with Crippen LogP contribution in [0.1, 0.15) is 11.1 Å². The number of aromatic nitrogens is 5. The van der Waals surface area contributed by atoms with E-state index in [0.717, 1.165) is 38.5 Å². The van der Waals surface area contributed by atoms with Crippen molar-refractivity contribution in [2.75, 3.05) is 17.7 Å². The van der Waals surface area contributed by atoms with E-state index in [4.69, 9.17) is 10.4 Å². The molecule has 0 aliphatic rings. The quantitative estimate of drug-likeness (QED) is 0.440. The van der Waals surface area contributed by atoms with E-state index in [0.29, 0.717) is 23.1 Å². The van der Waals surface area contributed by atoms with Gasteiger partial charge in [-0.3, -0.25) is 4.68 Å². The fourth-order valence-electron chi connectivity index (χ4n) is 3.89. The molecule has 8 heteroatoms. The third-order valence-corrected chi connectivity index (χ3v) is 5.45. The minimum absolute atomic E-state index is 0.515. The molecule has 2 N–H and O–H groups in total. The van der Waals surface area contributed by atoms with Crippen LogP contribution in [0.2, 0.25) is 0 Å². The first-order valence-corrected chi connectivity index (χ1v) is 10.1. The molecule has 3 aromatic heterocycles. The number of aryl methyl sites for hydroxylation is 2. The SMILES string of the molecule is CNc1ncc2cc(-c3c(C)ccc4c(Nc5ccc(C#N)cn5)nn(C)c34)ccc2n1. The van der Waals surface area contributed by atoms with Gasteiger partial charge in [-0.2, -0.15) is 10.4 Å². The highest BCUT2D eigenvalue weighted by Gasteiger charge is 2.17. The predicted octanol–water partition coefficient (Wildman–Crippen LogP) is 4.54. The number of pyridine rings is 1. The van der Waals surface area contributed by atoms with Crippen LogP contribution in [-0.4, -0.2) is 31.8 Å². The third kappa shape index (κ3) is 3.26. The molecule has 0 bridgehead atoms. The predicted molar refractivity (Wildman–Crippen MR) is 126 cm³/mol. The molecule has 0 aliphatic carbocycles. The Morgan fingerprint density at radius 3 is 2.66 bits per heavy atom. The van der Waals surface area contributed by atoms with Gasteiger partial charge in [0.2, 0.25) is 5.95 Å². The highest BCUT2D eigenvalue weighted by atomic mass is 15.3. The van der Waals surface area contributed by atoms with Crippen molar-refractivity contribution in [1.82, 2.24) is 24.7 Å². The zero-order valence-corrected chi connectivity index (χ0v) is 17.9. The highest BCUT2D eigenvalue weighted by molar-refractivity contribution is 6.03. The molecule has 0 spiro atoms. The standard InChI is InChI=1S/C24H20N8/c1-14-4-7-18-22(32(3)31-23(18)30-20-9-5-15(11-25)12-27-20)21(14)16-6-8-19-17(10-16)13-28-24(26-2)29-19/h4-10,12-13H,1-3H3,(H,26,28,29)(H,27,30,31). The second-order valence-corrected chi connectivity index (χ2v) is 7.51. The van der Waals surface area contributed by atoms with Crippen LogP contribution in [0, 0.1) is 18.3 Å². The van der Waals surface area contributed by atoms with Gasteiger partial charge >= 0.3 is 0 Å². The van der Waals surface area contributed by atoms with Crippen molar-refractivity contribution in [3.8, 4) is 17.2 Å². The number of nitriles is 1. The summed E-state index contributed by atoms with van der Waals surface area (Å²) < 4.78 is 1.88. The maximum atomic E-state index is 8.98. The summed E-state index contributed by atoms with van der Waals surface area (Å²) in [4.78, 5) is 13.2. The molecule has 0 radical (unpaired) electrons. The number of nitrogens with zero attached hydrogens (tertiary/aromatic N) is 6. The van der Waals surface area contributed by atoms with E-state index in [2.05, 4.69) is 62.8 Å². The monoisotopic (exact) mass is 420 g/mol. The first kappa shape index (κ1) is 19.5. The maximum Gasteiger partial charge on any atom is 0.222 e. The van der Waals surface area contributed by atoms with E-state index in [1.54, 1.807) is 25.4 Å². The van der Waals surface area contributed by atoms with Crippen molar-refractivity contribution in [3.05, 3.63) is 66.0 Å². The van der Waals surface area contributed by atoms with Gasteiger partial charge in [0, 0.05) is 42.8 Å². The summed E-state index contributed by atoms with van der Waals surface area (Å²) in [5.41, 5.74) is 5.76. The summed E-state index contributed by atoms with van der Waals surface area (Å²) in [5, 5.41) is 21.9. The largest absolute Gasteiger partial charge is 0.357 e. The molecule has 156 valence electrons. The van der Waals surface area contributed by atoms with Gasteiger partial charge in [-0.05, 0) is 48.4 Å². The fourth-order valence-corrected chi connectivity index (χ4v) is 3.89. The van der Waals surface area contributed by atoms with Crippen molar-refractivity contribution in [3.63, 3.8) is 0 Å². The first-order valence-electron chi connectivity index (χ1n) is 10.1. The minimum Gasteiger partial charge on any atom is -0.357 e. The Morgan fingerprint density at radius 2 is 1.91 bits per heavy atom. The van der Waals surface area contributed by atoms with Crippen molar-refractivity contribution in [1.29, 1.82) is 5.26 Å². The summed E-state index contributed by atoms with van der Waals surface area (Å²) in [6, 6.07) is 16.0. The van der Waals surface area contributed by atoms with Crippen LogP contribution < -0.4 is 10.6 Å².